The van der Waals surface area contributed by atoms with Crippen LogP contribution in [0.25, 0.3) is 0 Å². The van der Waals surface area contributed by atoms with Crippen LogP contribution in [0.15, 0.2) is 83.6 Å². The molecule has 36 heavy (non-hydrogen) atoms. The summed E-state index contributed by atoms with van der Waals surface area (Å²) in [5, 5.41) is 7.00. The molecule has 8 heteroatoms. The van der Waals surface area contributed by atoms with Crippen LogP contribution in [0.2, 0.25) is 0 Å². The van der Waals surface area contributed by atoms with E-state index in [1.807, 2.05) is 59.3 Å². The molecule has 4 rings (SSSR count). The van der Waals surface area contributed by atoms with Gasteiger partial charge in [0.1, 0.15) is 17.5 Å². The molecule has 2 aromatic carbocycles. The monoisotopic (exact) mass is 520 g/mol. The third kappa shape index (κ3) is 6.13. The first-order valence-corrected chi connectivity index (χ1v) is 13.3. The minimum Gasteiger partial charge on any atom is -0.497 e. The SMILES string of the molecule is COc1ccc(CN(C(=O)c2ccccc2)C(C(=O)NCCc2cccs2)c2cccs2)c(OC)c1. The highest BCUT2D eigenvalue weighted by molar-refractivity contribution is 7.10. The Bertz CT molecular complexity index is 1260. The van der Waals surface area contributed by atoms with Gasteiger partial charge < -0.3 is 19.7 Å². The molecule has 1 N–H and O–H groups in total. The maximum Gasteiger partial charge on any atom is 0.255 e. The predicted octanol–water partition coefficient (Wildman–Crippen LogP) is 5.57. The molecule has 0 saturated carbocycles. The summed E-state index contributed by atoms with van der Waals surface area (Å²) in [6.07, 6.45) is 0.736. The Balaban J connectivity index is 1.68. The molecular weight excluding hydrogens is 492 g/mol. The number of benzene rings is 2. The lowest BCUT2D eigenvalue weighted by atomic mass is 10.1. The van der Waals surface area contributed by atoms with Gasteiger partial charge in [0.25, 0.3) is 5.91 Å². The lowest BCUT2D eigenvalue weighted by molar-refractivity contribution is -0.126. The summed E-state index contributed by atoms with van der Waals surface area (Å²) in [7, 11) is 3.17. The highest BCUT2D eigenvalue weighted by Gasteiger charge is 2.33. The van der Waals surface area contributed by atoms with Crippen molar-refractivity contribution in [3.63, 3.8) is 0 Å². The Kier molecular flexibility index (Phi) is 8.76. The largest absolute Gasteiger partial charge is 0.497 e. The van der Waals surface area contributed by atoms with Gasteiger partial charge >= 0.3 is 0 Å². The van der Waals surface area contributed by atoms with Crippen molar-refractivity contribution in [3.8, 4) is 11.5 Å². The summed E-state index contributed by atoms with van der Waals surface area (Å²) in [6.45, 7) is 0.669. The molecule has 0 aliphatic heterocycles. The fraction of sp³-hybridized carbons (Fsp3) is 0.214. The van der Waals surface area contributed by atoms with Gasteiger partial charge in [0.15, 0.2) is 0 Å². The highest BCUT2D eigenvalue weighted by Crippen LogP contribution is 2.32. The molecule has 0 radical (unpaired) electrons. The molecule has 0 aliphatic carbocycles. The Hall–Kier alpha value is -3.62. The first-order chi connectivity index (χ1) is 17.6. The number of methoxy groups -OCH3 is 2. The number of carbonyl (C=O) groups is 2. The van der Waals surface area contributed by atoms with E-state index in [1.54, 1.807) is 48.7 Å². The van der Waals surface area contributed by atoms with Crippen LogP contribution in [0.5, 0.6) is 11.5 Å². The number of nitrogens with one attached hydrogen (secondary N) is 1. The minimum atomic E-state index is -0.798. The Morgan fingerprint density at radius 3 is 2.36 bits per heavy atom. The molecule has 0 aliphatic rings. The van der Waals surface area contributed by atoms with E-state index in [0.29, 0.717) is 23.6 Å². The number of ether oxygens (including phenoxy) is 2. The van der Waals surface area contributed by atoms with E-state index in [2.05, 4.69) is 11.4 Å². The Morgan fingerprint density at radius 2 is 1.69 bits per heavy atom. The molecule has 0 fully saturated rings. The number of rotatable bonds is 11. The van der Waals surface area contributed by atoms with E-state index in [9.17, 15) is 9.59 Å². The molecule has 1 atom stereocenters. The Labute approximate surface area is 219 Å². The van der Waals surface area contributed by atoms with Crippen molar-refractivity contribution < 1.29 is 19.1 Å². The lowest BCUT2D eigenvalue weighted by Crippen LogP contribution is -2.43. The van der Waals surface area contributed by atoms with Crippen LogP contribution >= 0.6 is 22.7 Å². The summed E-state index contributed by atoms with van der Waals surface area (Å²) in [5.41, 5.74) is 1.29. The predicted molar refractivity (Wildman–Crippen MR) is 144 cm³/mol. The van der Waals surface area contributed by atoms with E-state index in [1.165, 1.54) is 16.2 Å². The van der Waals surface area contributed by atoms with Gasteiger partial charge in [-0.05, 0) is 53.6 Å². The summed E-state index contributed by atoms with van der Waals surface area (Å²) in [5.74, 6) is 0.784. The van der Waals surface area contributed by atoms with Gasteiger partial charge in [-0.2, -0.15) is 0 Å². The van der Waals surface area contributed by atoms with Crippen LogP contribution in [-0.2, 0) is 17.8 Å². The molecule has 0 saturated heterocycles. The second-order valence-electron chi connectivity index (χ2n) is 8.02. The van der Waals surface area contributed by atoms with Crippen molar-refractivity contribution in [2.45, 2.75) is 19.0 Å². The van der Waals surface area contributed by atoms with Crippen molar-refractivity contribution in [2.24, 2.45) is 0 Å². The van der Waals surface area contributed by atoms with E-state index in [4.69, 9.17) is 9.47 Å². The average molecular weight is 521 g/mol. The van der Waals surface area contributed by atoms with Crippen molar-refractivity contribution in [2.75, 3.05) is 20.8 Å². The lowest BCUT2D eigenvalue weighted by Gasteiger charge is -2.31. The van der Waals surface area contributed by atoms with Crippen molar-refractivity contribution in [3.05, 3.63) is 104 Å². The molecule has 1 unspecified atom stereocenters. The zero-order valence-corrected chi connectivity index (χ0v) is 21.8. The first-order valence-electron chi connectivity index (χ1n) is 11.5. The summed E-state index contributed by atoms with van der Waals surface area (Å²) in [4.78, 5) is 31.1. The van der Waals surface area contributed by atoms with Gasteiger partial charge in [-0.3, -0.25) is 9.59 Å². The van der Waals surface area contributed by atoms with Crippen LogP contribution in [0, 0.1) is 0 Å². The molecule has 2 amide bonds. The van der Waals surface area contributed by atoms with Crippen LogP contribution < -0.4 is 14.8 Å². The number of nitrogens with zero attached hydrogens (tertiary/aromatic N) is 1. The molecular formula is C28H28N2O4S2. The molecule has 2 aromatic heterocycles. The van der Waals surface area contributed by atoms with Gasteiger partial charge in [-0.1, -0.05) is 30.3 Å². The first kappa shape index (κ1) is 25.5. The van der Waals surface area contributed by atoms with Crippen molar-refractivity contribution in [1.82, 2.24) is 10.2 Å². The second kappa shape index (κ2) is 12.4. The zero-order chi connectivity index (χ0) is 25.3. The van der Waals surface area contributed by atoms with E-state index >= 15 is 0 Å². The average Bonchev–Trinajstić information content (AvgIpc) is 3.63. The number of hydrogen-bond acceptors (Lipinski definition) is 6. The molecule has 6 nitrogen and oxygen atoms in total. The Morgan fingerprint density at radius 1 is 0.917 bits per heavy atom. The van der Waals surface area contributed by atoms with Crippen LogP contribution in [0.1, 0.15) is 31.7 Å². The number of thiophene rings is 2. The van der Waals surface area contributed by atoms with Gasteiger partial charge in [0.2, 0.25) is 5.91 Å². The maximum absolute atomic E-state index is 13.9. The smallest absolute Gasteiger partial charge is 0.255 e. The van der Waals surface area contributed by atoms with Gasteiger partial charge in [0, 0.05) is 33.5 Å². The standard InChI is InChI=1S/C28H28N2O4S2/c1-33-22-13-12-21(24(18-22)34-2)19-30(28(32)20-8-4-3-5-9-20)26(25-11-7-17-36-25)27(31)29-15-14-23-10-6-16-35-23/h3-13,16-18,26H,14-15,19H2,1-2H3,(H,29,31). The minimum absolute atomic E-state index is 0.182. The van der Waals surface area contributed by atoms with Crippen LogP contribution in [0.4, 0.5) is 0 Å². The van der Waals surface area contributed by atoms with E-state index in [-0.39, 0.29) is 18.4 Å². The highest BCUT2D eigenvalue weighted by atomic mass is 32.1. The van der Waals surface area contributed by atoms with E-state index < -0.39 is 6.04 Å². The molecule has 186 valence electrons. The topological polar surface area (TPSA) is 67.9 Å². The fourth-order valence-corrected chi connectivity index (χ4v) is 5.47. The third-order valence-electron chi connectivity index (χ3n) is 5.74. The van der Waals surface area contributed by atoms with Crippen molar-refractivity contribution in [1.29, 1.82) is 0 Å². The molecule has 0 spiro atoms. The van der Waals surface area contributed by atoms with E-state index in [0.717, 1.165) is 16.9 Å². The van der Waals surface area contributed by atoms with Crippen LogP contribution in [-0.4, -0.2) is 37.5 Å². The molecule has 2 heterocycles. The number of hydrogen-bond donors (Lipinski definition) is 1. The zero-order valence-electron chi connectivity index (χ0n) is 20.2. The summed E-state index contributed by atoms with van der Waals surface area (Å²) in [6, 6.07) is 21.5. The molecule has 0 bridgehead atoms. The normalized spacial score (nSPS) is 11.5. The quantitative estimate of drug-likeness (QED) is 0.281. The molecule has 4 aromatic rings. The van der Waals surface area contributed by atoms with Gasteiger partial charge in [-0.15, -0.1) is 22.7 Å². The van der Waals surface area contributed by atoms with Crippen molar-refractivity contribution >= 4 is 34.5 Å². The maximum atomic E-state index is 13.9. The van der Waals surface area contributed by atoms with Gasteiger partial charge in [-0.25, -0.2) is 0 Å². The fourth-order valence-electron chi connectivity index (χ4n) is 3.92. The van der Waals surface area contributed by atoms with Crippen LogP contribution in [0.3, 0.4) is 0 Å². The second-order valence-corrected chi connectivity index (χ2v) is 10.0. The third-order valence-corrected chi connectivity index (χ3v) is 7.60. The summed E-state index contributed by atoms with van der Waals surface area (Å²) < 4.78 is 10.9. The summed E-state index contributed by atoms with van der Waals surface area (Å²) >= 11 is 3.11. The number of carbonyl (C=O) groups excluding carboxylic acids is 2. The number of amides is 2. The van der Waals surface area contributed by atoms with Gasteiger partial charge in [0.05, 0.1) is 20.8 Å².